The third-order valence-electron chi connectivity index (χ3n) is 3.73. The van der Waals surface area contributed by atoms with Crippen LogP contribution in [-0.4, -0.2) is 31.9 Å². The third kappa shape index (κ3) is 6.61. The number of para-hydroxylation sites is 1. The summed E-state index contributed by atoms with van der Waals surface area (Å²) in [7, 11) is 3.20. The van der Waals surface area contributed by atoms with E-state index in [9.17, 15) is 4.79 Å². The standard InChI is InChI=1S/C22H23BrO4/c1-25-20-7-4-3-6-18(20)10-12-19(24)11-8-17-9-13-21(22(16-17)26-2)27-15-5-14-23/h3-4,6-13,16H,5,14-15H2,1-2H3/b11-8+,12-10+. The van der Waals surface area contributed by atoms with Crippen molar-refractivity contribution < 1.29 is 19.0 Å². The zero-order valence-electron chi connectivity index (χ0n) is 15.5. The van der Waals surface area contributed by atoms with Crippen molar-refractivity contribution in [1.29, 1.82) is 0 Å². The number of allylic oxidation sites excluding steroid dienone is 2. The van der Waals surface area contributed by atoms with Gasteiger partial charge in [-0.2, -0.15) is 0 Å². The minimum absolute atomic E-state index is 0.113. The molecule has 0 heterocycles. The fraction of sp³-hybridized carbons (Fsp3) is 0.227. The number of benzene rings is 2. The van der Waals surface area contributed by atoms with Crippen LogP contribution in [-0.2, 0) is 4.79 Å². The minimum Gasteiger partial charge on any atom is -0.496 e. The summed E-state index contributed by atoms with van der Waals surface area (Å²) < 4.78 is 16.3. The zero-order valence-corrected chi connectivity index (χ0v) is 17.1. The van der Waals surface area contributed by atoms with E-state index in [-0.39, 0.29) is 5.78 Å². The van der Waals surface area contributed by atoms with E-state index in [0.29, 0.717) is 18.1 Å². The number of carbonyl (C=O) groups excluding carboxylic acids is 1. The Bertz CT molecular complexity index is 812. The molecule has 0 atom stereocenters. The Morgan fingerprint density at radius 3 is 2.44 bits per heavy atom. The molecule has 2 aromatic carbocycles. The van der Waals surface area contributed by atoms with Crippen LogP contribution >= 0.6 is 15.9 Å². The second-order valence-electron chi connectivity index (χ2n) is 5.61. The Balaban J connectivity index is 2.03. The van der Waals surface area contributed by atoms with Gasteiger partial charge in [0.25, 0.3) is 0 Å². The highest BCUT2D eigenvalue weighted by Gasteiger charge is 2.05. The monoisotopic (exact) mass is 430 g/mol. The molecule has 0 unspecified atom stereocenters. The summed E-state index contributed by atoms with van der Waals surface area (Å²) in [6.45, 7) is 0.614. The molecule has 4 nitrogen and oxygen atoms in total. The van der Waals surface area contributed by atoms with Crippen LogP contribution in [0.3, 0.4) is 0 Å². The predicted octanol–water partition coefficient (Wildman–Crippen LogP) is 5.16. The van der Waals surface area contributed by atoms with E-state index in [2.05, 4.69) is 15.9 Å². The molecule has 2 aromatic rings. The molecular weight excluding hydrogens is 408 g/mol. The van der Waals surface area contributed by atoms with Crippen LogP contribution in [0.5, 0.6) is 17.2 Å². The Kier molecular flexibility index (Phi) is 8.65. The Morgan fingerprint density at radius 2 is 1.70 bits per heavy atom. The molecule has 2 rings (SSSR count). The molecule has 0 aliphatic rings. The number of hydrogen-bond acceptors (Lipinski definition) is 4. The van der Waals surface area contributed by atoms with Crippen molar-refractivity contribution in [2.24, 2.45) is 0 Å². The van der Waals surface area contributed by atoms with E-state index in [1.165, 1.54) is 12.2 Å². The van der Waals surface area contributed by atoms with Gasteiger partial charge in [-0.25, -0.2) is 0 Å². The first kappa shape index (κ1) is 20.8. The molecule has 0 saturated carbocycles. The number of methoxy groups -OCH3 is 2. The van der Waals surface area contributed by atoms with Crippen LogP contribution in [0.2, 0.25) is 0 Å². The fourth-order valence-electron chi connectivity index (χ4n) is 2.35. The van der Waals surface area contributed by atoms with Gasteiger partial charge in [-0.1, -0.05) is 46.3 Å². The Labute approximate surface area is 168 Å². The highest BCUT2D eigenvalue weighted by molar-refractivity contribution is 9.09. The lowest BCUT2D eigenvalue weighted by atomic mass is 10.1. The van der Waals surface area contributed by atoms with Crippen molar-refractivity contribution >= 4 is 33.9 Å². The van der Waals surface area contributed by atoms with E-state index >= 15 is 0 Å². The number of carbonyl (C=O) groups is 1. The fourth-order valence-corrected chi connectivity index (χ4v) is 2.58. The SMILES string of the molecule is COc1ccccc1/C=C/C(=O)/C=C/c1ccc(OCCCBr)c(OC)c1. The maximum Gasteiger partial charge on any atom is 0.178 e. The number of rotatable bonds is 10. The van der Waals surface area contributed by atoms with Gasteiger partial charge in [-0.15, -0.1) is 0 Å². The molecule has 0 radical (unpaired) electrons. The Morgan fingerprint density at radius 1 is 0.963 bits per heavy atom. The first-order valence-corrected chi connectivity index (χ1v) is 9.70. The highest BCUT2D eigenvalue weighted by atomic mass is 79.9. The second-order valence-corrected chi connectivity index (χ2v) is 6.41. The van der Waals surface area contributed by atoms with Gasteiger partial charge in [0.1, 0.15) is 5.75 Å². The van der Waals surface area contributed by atoms with Crippen molar-refractivity contribution in [3.63, 3.8) is 0 Å². The Hall–Kier alpha value is -2.53. The molecule has 142 valence electrons. The first-order valence-electron chi connectivity index (χ1n) is 8.58. The zero-order chi connectivity index (χ0) is 19.5. The van der Waals surface area contributed by atoms with Crippen LogP contribution < -0.4 is 14.2 Å². The third-order valence-corrected chi connectivity index (χ3v) is 4.29. The summed E-state index contributed by atoms with van der Waals surface area (Å²) in [5, 5.41) is 0.890. The lowest BCUT2D eigenvalue weighted by Crippen LogP contribution is -1.99. The number of ketones is 1. The van der Waals surface area contributed by atoms with Gasteiger partial charge in [-0.05, 0) is 48.4 Å². The van der Waals surface area contributed by atoms with Crippen LogP contribution in [0.1, 0.15) is 17.5 Å². The summed E-state index contributed by atoms with van der Waals surface area (Å²) in [5.41, 5.74) is 1.71. The van der Waals surface area contributed by atoms with Crippen LogP contribution in [0.15, 0.2) is 54.6 Å². The molecule has 0 spiro atoms. The molecule has 0 aliphatic heterocycles. The number of ether oxygens (including phenoxy) is 3. The molecule has 0 bridgehead atoms. The van der Waals surface area contributed by atoms with E-state index in [4.69, 9.17) is 14.2 Å². The normalized spacial score (nSPS) is 11.1. The molecule has 0 aromatic heterocycles. The van der Waals surface area contributed by atoms with Gasteiger partial charge in [0.15, 0.2) is 17.3 Å². The van der Waals surface area contributed by atoms with Crippen molar-refractivity contribution in [3.05, 3.63) is 65.7 Å². The van der Waals surface area contributed by atoms with Gasteiger partial charge in [0.05, 0.1) is 20.8 Å². The van der Waals surface area contributed by atoms with Crippen LogP contribution in [0.4, 0.5) is 0 Å². The summed E-state index contributed by atoms with van der Waals surface area (Å²) in [4.78, 5) is 12.1. The number of alkyl halides is 1. The molecule has 0 amide bonds. The van der Waals surface area contributed by atoms with Crippen molar-refractivity contribution in [2.45, 2.75) is 6.42 Å². The lowest BCUT2D eigenvalue weighted by Gasteiger charge is -2.10. The maximum absolute atomic E-state index is 12.1. The van der Waals surface area contributed by atoms with E-state index in [1.54, 1.807) is 26.4 Å². The van der Waals surface area contributed by atoms with E-state index in [0.717, 1.165) is 28.6 Å². The predicted molar refractivity (Wildman–Crippen MR) is 113 cm³/mol. The summed E-state index contributed by atoms with van der Waals surface area (Å²) in [6, 6.07) is 13.1. The molecule has 27 heavy (non-hydrogen) atoms. The lowest BCUT2D eigenvalue weighted by molar-refractivity contribution is -0.110. The molecule has 0 aliphatic carbocycles. The van der Waals surface area contributed by atoms with Gasteiger partial charge in [0, 0.05) is 10.9 Å². The summed E-state index contributed by atoms with van der Waals surface area (Å²) in [6.07, 6.45) is 7.44. The maximum atomic E-state index is 12.1. The largest absolute Gasteiger partial charge is 0.496 e. The molecule has 5 heteroatoms. The van der Waals surface area contributed by atoms with Gasteiger partial charge in [-0.3, -0.25) is 4.79 Å². The van der Waals surface area contributed by atoms with Crippen LogP contribution in [0, 0.1) is 0 Å². The summed E-state index contributed by atoms with van der Waals surface area (Å²) >= 11 is 3.37. The molecular formula is C22H23BrO4. The molecule has 0 saturated heterocycles. The topological polar surface area (TPSA) is 44.8 Å². The first-order chi connectivity index (χ1) is 13.2. The average molecular weight is 431 g/mol. The average Bonchev–Trinajstić information content (AvgIpc) is 2.71. The van der Waals surface area contributed by atoms with Gasteiger partial charge in [0.2, 0.25) is 0 Å². The van der Waals surface area contributed by atoms with Gasteiger partial charge < -0.3 is 14.2 Å². The quantitative estimate of drug-likeness (QED) is 0.296. The van der Waals surface area contributed by atoms with Gasteiger partial charge >= 0.3 is 0 Å². The van der Waals surface area contributed by atoms with E-state index in [1.807, 2.05) is 42.5 Å². The number of hydrogen-bond donors (Lipinski definition) is 0. The second kappa shape index (κ2) is 11.2. The summed E-state index contributed by atoms with van der Waals surface area (Å²) in [5.74, 6) is 1.95. The molecule has 0 N–H and O–H groups in total. The number of halogens is 1. The van der Waals surface area contributed by atoms with Crippen molar-refractivity contribution in [3.8, 4) is 17.2 Å². The molecule has 0 fully saturated rings. The van der Waals surface area contributed by atoms with Crippen LogP contribution in [0.25, 0.3) is 12.2 Å². The minimum atomic E-state index is -0.113. The van der Waals surface area contributed by atoms with Crippen molar-refractivity contribution in [2.75, 3.05) is 26.2 Å². The highest BCUT2D eigenvalue weighted by Crippen LogP contribution is 2.28. The smallest absolute Gasteiger partial charge is 0.178 e. The van der Waals surface area contributed by atoms with Crippen molar-refractivity contribution in [1.82, 2.24) is 0 Å². The van der Waals surface area contributed by atoms with E-state index < -0.39 is 0 Å².